The fourth-order valence-electron chi connectivity index (χ4n) is 1.91. The molecule has 2 nitrogen and oxygen atoms in total. The summed E-state index contributed by atoms with van der Waals surface area (Å²) in [5.74, 6) is 4.34. The zero-order valence-corrected chi connectivity index (χ0v) is 9.40. The van der Waals surface area contributed by atoms with Gasteiger partial charge in [0, 0.05) is 12.3 Å². The molecule has 2 unspecified atom stereocenters. The number of carbonyl (C=O) groups is 2. The third-order valence-corrected chi connectivity index (χ3v) is 3.60. The Bertz CT molecular complexity index is 377. The van der Waals surface area contributed by atoms with Crippen LogP contribution in [0.5, 0.6) is 0 Å². The molecule has 1 fully saturated rings. The molecule has 3 heteroatoms. The molecule has 0 aromatic heterocycles. The van der Waals surface area contributed by atoms with Gasteiger partial charge in [0.1, 0.15) is 11.6 Å². The molecule has 0 aromatic rings. The number of hydrogen-bond donors (Lipinski definition) is 0. The lowest BCUT2D eigenvalue weighted by atomic mass is 9.82. The van der Waals surface area contributed by atoms with Crippen molar-refractivity contribution in [1.29, 1.82) is 0 Å². The molecule has 2 aliphatic rings. The molecule has 0 amide bonds. The van der Waals surface area contributed by atoms with Gasteiger partial charge in [-0.1, -0.05) is 38.4 Å². The van der Waals surface area contributed by atoms with Gasteiger partial charge in [0.2, 0.25) is 0 Å². The molecule has 1 heterocycles. The van der Waals surface area contributed by atoms with E-state index >= 15 is 0 Å². The highest BCUT2D eigenvalue weighted by Gasteiger charge is 2.28. The molecule has 15 heavy (non-hydrogen) atoms. The maximum Gasteiger partial charge on any atom is 0.147 e. The summed E-state index contributed by atoms with van der Waals surface area (Å²) in [7, 11) is 0.641. The number of carbonyl (C=O) groups excluding carboxylic acids is 2. The lowest BCUT2D eigenvalue weighted by molar-refractivity contribution is -0.131. The molecule has 1 saturated carbocycles. The summed E-state index contributed by atoms with van der Waals surface area (Å²) in [6, 6.07) is 0. The van der Waals surface area contributed by atoms with Gasteiger partial charge >= 0.3 is 0 Å². The van der Waals surface area contributed by atoms with E-state index in [0.29, 0.717) is 21.4 Å². The summed E-state index contributed by atoms with van der Waals surface area (Å²) in [5.41, 5.74) is 1.09. The summed E-state index contributed by atoms with van der Waals surface area (Å²) in [6.45, 7) is 0. The number of hydrogen-bond acceptors (Lipinski definition) is 2. The van der Waals surface area contributed by atoms with E-state index in [1.807, 2.05) is 18.2 Å². The first kappa shape index (κ1) is 10.5. The topological polar surface area (TPSA) is 34.1 Å². The molecule has 78 valence electrons. The smallest absolute Gasteiger partial charge is 0.147 e. The van der Waals surface area contributed by atoms with Gasteiger partial charge in [-0.15, -0.1) is 0 Å². The van der Waals surface area contributed by atoms with E-state index in [0.717, 1.165) is 5.57 Å². The Morgan fingerprint density at radius 1 is 1.27 bits per heavy atom. The molecule has 2 atom stereocenters. The van der Waals surface area contributed by atoms with Gasteiger partial charge in [0.05, 0.1) is 6.42 Å². The van der Waals surface area contributed by atoms with E-state index in [1.165, 1.54) is 0 Å². The molecule has 2 rings (SSSR count). The molecule has 0 bridgehead atoms. The quantitative estimate of drug-likeness (QED) is 0.502. The third-order valence-electron chi connectivity index (χ3n) is 2.72. The number of rotatable bonds is 1. The van der Waals surface area contributed by atoms with Crippen molar-refractivity contribution >= 4 is 20.1 Å². The minimum absolute atomic E-state index is 0.0358. The SMILES string of the molecule is O=C1CCC(C2=CPC=CC=C2)C(=O)C1. The molecular weight excluding hydrogens is 207 g/mol. The lowest BCUT2D eigenvalue weighted by Crippen LogP contribution is -2.25. The van der Waals surface area contributed by atoms with Crippen LogP contribution in [0.1, 0.15) is 19.3 Å². The van der Waals surface area contributed by atoms with E-state index in [4.69, 9.17) is 0 Å². The first-order valence-corrected chi connectivity index (χ1v) is 6.26. The second-order valence-corrected chi connectivity index (χ2v) is 4.76. The molecule has 0 N–H and O–H groups in total. The van der Waals surface area contributed by atoms with Crippen LogP contribution in [0.2, 0.25) is 0 Å². The van der Waals surface area contributed by atoms with Crippen LogP contribution in [-0.4, -0.2) is 11.6 Å². The third kappa shape index (κ3) is 2.51. The molecule has 1 aliphatic carbocycles. The van der Waals surface area contributed by atoms with Crippen LogP contribution >= 0.6 is 8.58 Å². The maximum absolute atomic E-state index is 11.7. The van der Waals surface area contributed by atoms with Gasteiger partial charge in [-0.25, -0.2) is 0 Å². The zero-order valence-electron chi connectivity index (χ0n) is 8.40. The van der Waals surface area contributed by atoms with Gasteiger partial charge in [0.25, 0.3) is 0 Å². The van der Waals surface area contributed by atoms with Crippen LogP contribution in [0.4, 0.5) is 0 Å². The minimum atomic E-state index is -0.0358. The van der Waals surface area contributed by atoms with E-state index in [1.54, 1.807) is 0 Å². The minimum Gasteiger partial charge on any atom is -0.299 e. The summed E-state index contributed by atoms with van der Waals surface area (Å²) in [6.07, 6.45) is 7.34. The Morgan fingerprint density at radius 2 is 2.13 bits per heavy atom. The Balaban J connectivity index is 2.13. The van der Waals surface area contributed by atoms with Gasteiger partial charge in [0.15, 0.2) is 0 Å². The van der Waals surface area contributed by atoms with Crippen molar-refractivity contribution in [2.45, 2.75) is 19.3 Å². The normalized spacial score (nSPS) is 28.0. The van der Waals surface area contributed by atoms with Gasteiger partial charge in [-0.05, 0) is 12.0 Å². The van der Waals surface area contributed by atoms with E-state index in [-0.39, 0.29) is 23.9 Å². The average molecular weight is 220 g/mol. The first-order chi connectivity index (χ1) is 7.27. The molecule has 0 spiro atoms. The van der Waals surface area contributed by atoms with Crippen LogP contribution in [0.25, 0.3) is 0 Å². The highest BCUT2D eigenvalue weighted by atomic mass is 31.1. The molecule has 0 saturated heterocycles. The number of Topliss-reactive ketones (excluding diaryl/α,β-unsaturated/α-hetero) is 2. The molecule has 0 radical (unpaired) electrons. The van der Waals surface area contributed by atoms with Crippen molar-refractivity contribution in [2.75, 3.05) is 0 Å². The Hall–Kier alpha value is -1.01. The first-order valence-electron chi connectivity index (χ1n) is 5.11. The molecule has 0 aromatic carbocycles. The lowest BCUT2D eigenvalue weighted by Gasteiger charge is -2.20. The van der Waals surface area contributed by atoms with Crippen molar-refractivity contribution in [1.82, 2.24) is 0 Å². The van der Waals surface area contributed by atoms with E-state index < -0.39 is 0 Å². The predicted octanol–water partition coefficient (Wildman–Crippen LogP) is 2.57. The van der Waals surface area contributed by atoms with Crippen molar-refractivity contribution < 1.29 is 9.59 Å². The Kier molecular flexibility index (Phi) is 3.27. The fraction of sp³-hybridized carbons (Fsp3) is 0.333. The molecule has 1 aliphatic heterocycles. The highest BCUT2D eigenvalue weighted by Crippen LogP contribution is 2.31. The average Bonchev–Trinajstić information content (AvgIpc) is 2.46. The van der Waals surface area contributed by atoms with Crippen molar-refractivity contribution in [3.63, 3.8) is 0 Å². The van der Waals surface area contributed by atoms with Crippen LogP contribution in [0, 0.1) is 5.92 Å². The van der Waals surface area contributed by atoms with Crippen molar-refractivity contribution in [3.05, 3.63) is 35.4 Å². The largest absolute Gasteiger partial charge is 0.299 e. The predicted molar refractivity (Wildman–Crippen MR) is 62.0 cm³/mol. The zero-order chi connectivity index (χ0) is 10.7. The van der Waals surface area contributed by atoms with Crippen molar-refractivity contribution in [3.8, 4) is 0 Å². The van der Waals surface area contributed by atoms with E-state index in [2.05, 4.69) is 11.6 Å². The van der Waals surface area contributed by atoms with Gasteiger partial charge < -0.3 is 0 Å². The number of ketones is 2. The van der Waals surface area contributed by atoms with Gasteiger partial charge in [-0.2, -0.15) is 0 Å². The van der Waals surface area contributed by atoms with Crippen LogP contribution in [-0.2, 0) is 9.59 Å². The van der Waals surface area contributed by atoms with Crippen LogP contribution in [0.3, 0.4) is 0 Å². The summed E-state index contributed by atoms with van der Waals surface area (Å²) < 4.78 is 0. The monoisotopic (exact) mass is 220 g/mol. The maximum atomic E-state index is 11.7. The number of allylic oxidation sites excluding steroid dienone is 4. The summed E-state index contributed by atoms with van der Waals surface area (Å²) in [5, 5.41) is 0. The van der Waals surface area contributed by atoms with Gasteiger partial charge in [-0.3, -0.25) is 9.59 Å². The Morgan fingerprint density at radius 3 is 2.93 bits per heavy atom. The summed E-state index contributed by atoms with van der Waals surface area (Å²) in [4.78, 5) is 22.8. The van der Waals surface area contributed by atoms with Crippen molar-refractivity contribution in [2.24, 2.45) is 5.92 Å². The molecular formula is C12H13O2P. The highest BCUT2D eigenvalue weighted by molar-refractivity contribution is 7.45. The fourth-order valence-corrected chi connectivity index (χ4v) is 2.72. The van der Waals surface area contributed by atoms with E-state index in [9.17, 15) is 9.59 Å². The summed E-state index contributed by atoms with van der Waals surface area (Å²) >= 11 is 0. The standard InChI is InChI=1S/C12H13O2P/c13-10-4-5-11(12(14)7-10)9-3-1-2-6-15-8-9/h1-3,6,8,11,15H,4-5,7H2. The van der Waals surface area contributed by atoms with Crippen LogP contribution < -0.4 is 0 Å². The Labute approximate surface area is 90.9 Å². The van der Waals surface area contributed by atoms with Crippen LogP contribution in [0.15, 0.2) is 35.4 Å². The second-order valence-electron chi connectivity index (χ2n) is 3.80. The second kappa shape index (κ2) is 4.67.